The second kappa shape index (κ2) is 4.75. The van der Waals surface area contributed by atoms with Crippen LogP contribution in [-0.4, -0.2) is 29.1 Å². The Labute approximate surface area is 80.7 Å². The van der Waals surface area contributed by atoms with Gasteiger partial charge in [0.15, 0.2) is 0 Å². The maximum Gasteiger partial charge on any atom is 0.235 e. The summed E-state index contributed by atoms with van der Waals surface area (Å²) in [4.78, 5) is 13.2. The summed E-state index contributed by atoms with van der Waals surface area (Å²) >= 11 is 4.10. The Kier molecular flexibility index (Phi) is 4.68. The molecule has 0 aromatic carbocycles. The van der Waals surface area contributed by atoms with Gasteiger partial charge in [0.05, 0.1) is 5.25 Å². The van der Waals surface area contributed by atoms with Gasteiger partial charge in [-0.15, -0.1) is 0 Å². The molecule has 1 amide bonds. The maximum absolute atomic E-state index is 11.4. The Morgan fingerprint density at radius 1 is 1.25 bits per heavy atom. The number of carbonyl (C=O) groups is 1. The van der Waals surface area contributed by atoms with Crippen LogP contribution < -0.4 is 0 Å². The molecule has 0 aromatic rings. The first-order valence-electron chi connectivity index (χ1n) is 4.32. The van der Waals surface area contributed by atoms with E-state index in [-0.39, 0.29) is 17.2 Å². The molecule has 0 aliphatic carbocycles. The smallest absolute Gasteiger partial charge is 0.235 e. The van der Waals surface area contributed by atoms with E-state index in [1.807, 2.05) is 7.05 Å². The van der Waals surface area contributed by atoms with Gasteiger partial charge in [-0.1, -0.05) is 13.8 Å². The predicted octanol–water partition coefficient (Wildman–Crippen LogP) is 1.81. The van der Waals surface area contributed by atoms with Gasteiger partial charge in [-0.25, -0.2) is 0 Å². The van der Waals surface area contributed by atoms with Gasteiger partial charge in [0, 0.05) is 13.1 Å². The fraction of sp³-hybridized carbons (Fsp3) is 0.889. The highest BCUT2D eigenvalue weighted by molar-refractivity contribution is 7.81. The largest absolute Gasteiger partial charge is 0.342 e. The molecule has 0 rings (SSSR count). The van der Waals surface area contributed by atoms with E-state index in [0.717, 1.165) is 0 Å². The molecule has 0 saturated carbocycles. The molecule has 0 aliphatic rings. The molecular formula is C9H19NOS. The van der Waals surface area contributed by atoms with Crippen LogP contribution in [0, 0.1) is 5.92 Å². The van der Waals surface area contributed by atoms with Crippen LogP contribution in [0.2, 0.25) is 0 Å². The van der Waals surface area contributed by atoms with Crippen LogP contribution in [0.15, 0.2) is 0 Å². The molecule has 72 valence electrons. The number of amides is 1. The van der Waals surface area contributed by atoms with Crippen molar-refractivity contribution in [1.82, 2.24) is 4.90 Å². The molecule has 0 fully saturated rings. The quantitative estimate of drug-likeness (QED) is 0.671. The fourth-order valence-corrected chi connectivity index (χ4v) is 1.12. The summed E-state index contributed by atoms with van der Waals surface area (Å²) in [5, 5.41) is -0.198. The molecule has 0 radical (unpaired) electrons. The molecule has 12 heavy (non-hydrogen) atoms. The summed E-state index contributed by atoms with van der Waals surface area (Å²) in [6.45, 7) is 8.07. The average molecular weight is 189 g/mol. The first-order chi connectivity index (χ1) is 5.37. The SMILES string of the molecule is CC(S)C(=O)N(C)C(C)C(C)C. The summed E-state index contributed by atoms with van der Waals surface area (Å²) in [7, 11) is 1.83. The van der Waals surface area contributed by atoms with Crippen molar-refractivity contribution in [3.63, 3.8) is 0 Å². The van der Waals surface area contributed by atoms with Gasteiger partial charge >= 0.3 is 0 Å². The summed E-state index contributed by atoms with van der Waals surface area (Å²) in [6, 6.07) is 0.284. The van der Waals surface area contributed by atoms with E-state index >= 15 is 0 Å². The number of thiol groups is 1. The average Bonchev–Trinajstić information content (AvgIpc) is 2.00. The van der Waals surface area contributed by atoms with Crippen molar-refractivity contribution in [1.29, 1.82) is 0 Å². The Balaban J connectivity index is 4.19. The lowest BCUT2D eigenvalue weighted by Crippen LogP contribution is -2.41. The van der Waals surface area contributed by atoms with Crippen LogP contribution in [-0.2, 0) is 4.79 Å². The van der Waals surface area contributed by atoms with E-state index in [0.29, 0.717) is 5.92 Å². The van der Waals surface area contributed by atoms with Crippen LogP contribution in [0.5, 0.6) is 0 Å². The summed E-state index contributed by atoms with van der Waals surface area (Å²) < 4.78 is 0. The van der Waals surface area contributed by atoms with Gasteiger partial charge in [-0.05, 0) is 19.8 Å². The maximum atomic E-state index is 11.4. The van der Waals surface area contributed by atoms with Crippen molar-refractivity contribution in [3.05, 3.63) is 0 Å². The highest BCUT2D eigenvalue weighted by atomic mass is 32.1. The van der Waals surface area contributed by atoms with E-state index in [1.165, 1.54) is 0 Å². The lowest BCUT2D eigenvalue weighted by atomic mass is 10.1. The number of hydrogen-bond donors (Lipinski definition) is 1. The minimum atomic E-state index is -0.198. The summed E-state index contributed by atoms with van der Waals surface area (Å²) in [6.07, 6.45) is 0. The first-order valence-corrected chi connectivity index (χ1v) is 4.84. The van der Waals surface area contributed by atoms with Crippen LogP contribution in [0.3, 0.4) is 0 Å². The Hall–Kier alpha value is -0.180. The topological polar surface area (TPSA) is 20.3 Å². The minimum Gasteiger partial charge on any atom is -0.342 e. The van der Waals surface area contributed by atoms with Crippen LogP contribution >= 0.6 is 12.6 Å². The van der Waals surface area contributed by atoms with Crippen molar-refractivity contribution in [3.8, 4) is 0 Å². The third kappa shape index (κ3) is 3.05. The molecule has 0 aromatic heterocycles. The number of carbonyl (C=O) groups excluding carboxylic acids is 1. The van der Waals surface area contributed by atoms with E-state index in [9.17, 15) is 4.79 Å². The molecule has 2 unspecified atom stereocenters. The standard InChI is InChI=1S/C9H19NOS/c1-6(2)7(3)10(5)9(11)8(4)12/h6-8,12H,1-5H3. The van der Waals surface area contributed by atoms with E-state index in [2.05, 4.69) is 33.4 Å². The molecular weight excluding hydrogens is 170 g/mol. The van der Waals surface area contributed by atoms with Crippen LogP contribution in [0.25, 0.3) is 0 Å². The zero-order valence-corrected chi connectivity index (χ0v) is 9.43. The number of hydrogen-bond acceptors (Lipinski definition) is 2. The predicted molar refractivity (Wildman–Crippen MR) is 55.5 cm³/mol. The third-order valence-electron chi connectivity index (χ3n) is 2.28. The Bertz CT molecular complexity index is 157. The number of nitrogens with zero attached hydrogens (tertiary/aromatic N) is 1. The molecule has 2 atom stereocenters. The zero-order chi connectivity index (χ0) is 9.89. The third-order valence-corrected chi connectivity index (χ3v) is 2.50. The summed E-state index contributed by atoms with van der Waals surface area (Å²) in [5.41, 5.74) is 0. The van der Waals surface area contributed by atoms with Crippen molar-refractivity contribution in [2.45, 2.75) is 39.0 Å². The lowest BCUT2D eigenvalue weighted by Gasteiger charge is -2.29. The van der Waals surface area contributed by atoms with Crippen molar-refractivity contribution < 1.29 is 4.79 Å². The minimum absolute atomic E-state index is 0.0968. The Morgan fingerprint density at radius 2 is 1.67 bits per heavy atom. The molecule has 0 heterocycles. The van der Waals surface area contributed by atoms with Gasteiger partial charge in [0.2, 0.25) is 5.91 Å². The second-order valence-corrected chi connectivity index (χ2v) is 4.38. The van der Waals surface area contributed by atoms with E-state index < -0.39 is 0 Å². The molecule has 0 spiro atoms. The van der Waals surface area contributed by atoms with Gasteiger partial charge in [-0.2, -0.15) is 12.6 Å². The summed E-state index contributed by atoms with van der Waals surface area (Å²) in [5.74, 6) is 0.588. The van der Waals surface area contributed by atoms with E-state index in [1.54, 1.807) is 11.8 Å². The molecule has 0 saturated heterocycles. The van der Waals surface area contributed by atoms with Gasteiger partial charge < -0.3 is 4.90 Å². The lowest BCUT2D eigenvalue weighted by molar-refractivity contribution is -0.131. The fourth-order valence-electron chi connectivity index (χ4n) is 0.943. The van der Waals surface area contributed by atoms with Gasteiger partial charge in [0.25, 0.3) is 0 Å². The molecule has 0 aliphatic heterocycles. The second-order valence-electron chi connectivity index (χ2n) is 3.61. The Morgan fingerprint density at radius 3 is 1.92 bits per heavy atom. The molecule has 2 nitrogen and oxygen atoms in total. The van der Waals surface area contributed by atoms with Gasteiger partial charge in [0.1, 0.15) is 0 Å². The van der Waals surface area contributed by atoms with Crippen molar-refractivity contribution in [2.75, 3.05) is 7.05 Å². The zero-order valence-electron chi connectivity index (χ0n) is 8.53. The molecule has 3 heteroatoms. The van der Waals surface area contributed by atoms with Crippen molar-refractivity contribution >= 4 is 18.5 Å². The van der Waals surface area contributed by atoms with Crippen LogP contribution in [0.1, 0.15) is 27.7 Å². The monoisotopic (exact) mass is 189 g/mol. The molecule has 0 N–H and O–H groups in total. The van der Waals surface area contributed by atoms with Crippen LogP contribution in [0.4, 0.5) is 0 Å². The first kappa shape index (κ1) is 11.8. The normalized spacial score (nSPS) is 15.9. The van der Waals surface area contributed by atoms with E-state index in [4.69, 9.17) is 0 Å². The van der Waals surface area contributed by atoms with Crippen molar-refractivity contribution in [2.24, 2.45) is 5.92 Å². The van der Waals surface area contributed by atoms with Gasteiger partial charge in [-0.3, -0.25) is 4.79 Å². The highest BCUT2D eigenvalue weighted by Crippen LogP contribution is 2.10. The molecule has 0 bridgehead atoms. The number of rotatable bonds is 3. The highest BCUT2D eigenvalue weighted by Gasteiger charge is 2.20.